The van der Waals surface area contributed by atoms with E-state index in [-0.39, 0.29) is 0 Å². The zero-order chi connectivity index (χ0) is 16.7. The first kappa shape index (κ1) is 18.0. The van der Waals surface area contributed by atoms with Crippen LogP contribution < -0.4 is 15.8 Å². The molecule has 1 aromatic carbocycles. The molecule has 7 heteroatoms. The summed E-state index contributed by atoms with van der Waals surface area (Å²) in [6.07, 6.45) is 2.46. The number of thiocarbonyl (C=S) groups is 1. The summed E-state index contributed by atoms with van der Waals surface area (Å²) in [5.41, 5.74) is 6.61. The van der Waals surface area contributed by atoms with Gasteiger partial charge in [0.2, 0.25) is 0 Å². The standard InChI is InChI=1S/C16H24N4OS2/c1-3-23-15(17)19-16(22)18-12-6-8-14(9-7-12)21-11-13-5-4-10-20(13)2/h6-9,13H,3-5,10-11H2,1-2H3,(H3,17,18,19,22)/t13-/m0/s1. The van der Waals surface area contributed by atoms with Crippen LogP contribution in [-0.2, 0) is 0 Å². The molecular weight excluding hydrogens is 328 g/mol. The molecule has 0 spiro atoms. The molecule has 3 N–H and O–H groups in total. The molecule has 0 amide bonds. The maximum Gasteiger partial charge on any atom is 0.199 e. The van der Waals surface area contributed by atoms with Crippen molar-refractivity contribution < 1.29 is 4.74 Å². The van der Waals surface area contributed by atoms with Gasteiger partial charge in [-0.3, -0.25) is 0 Å². The summed E-state index contributed by atoms with van der Waals surface area (Å²) < 4.78 is 5.86. The first-order valence-electron chi connectivity index (χ1n) is 7.79. The van der Waals surface area contributed by atoms with E-state index in [1.807, 2.05) is 31.2 Å². The number of likely N-dealkylation sites (tertiary alicyclic amines) is 1. The summed E-state index contributed by atoms with van der Waals surface area (Å²) in [4.78, 5) is 6.47. The van der Waals surface area contributed by atoms with Crippen LogP contribution in [0.5, 0.6) is 5.75 Å². The monoisotopic (exact) mass is 352 g/mol. The van der Waals surface area contributed by atoms with Gasteiger partial charge in [-0.25, -0.2) is 0 Å². The van der Waals surface area contributed by atoms with E-state index < -0.39 is 0 Å². The highest BCUT2D eigenvalue weighted by Gasteiger charge is 2.21. The van der Waals surface area contributed by atoms with Crippen molar-refractivity contribution in [3.63, 3.8) is 0 Å². The summed E-state index contributed by atoms with van der Waals surface area (Å²) in [6.45, 7) is 3.91. The van der Waals surface area contributed by atoms with E-state index in [0.717, 1.165) is 30.3 Å². The molecule has 0 saturated carbocycles. The lowest BCUT2D eigenvalue weighted by molar-refractivity contribution is 0.198. The minimum Gasteiger partial charge on any atom is -0.492 e. The number of ether oxygens (including phenoxy) is 1. The van der Waals surface area contributed by atoms with Crippen molar-refractivity contribution in [1.82, 2.24) is 4.90 Å². The number of amidine groups is 1. The van der Waals surface area contributed by atoms with Crippen molar-refractivity contribution in [2.45, 2.75) is 25.8 Å². The molecule has 1 saturated heterocycles. The summed E-state index contributed by atoms with van der Waals surface area (Å²) in [7, 11) is 2.15. The molecule has 0 radical (unpaired) electrons. The number of anilines is 1. The molecule has 23 heavy (non-hydrogen) atoms. The molecule has 0 aliphatic carbocycles. The zero-order valence-electron chi connectivity index (χ0n) is 13.6. The van der Waals surface area contributed by atoms with Crippen LogP contribution in [-0.4, -0.2) is 47.2 Å². The van der Waals surface area contributed by atoms with Crippen LogP contribution in [0.25, 0.3) is 0 Å². The molecule has 0 unspecified atom stereocenters. The van der Waals surface area contributed by atoms with Crippen LogP contribution in [0.4, 0.5) is 5.69 Å². The number of rotatable bonds is 5. The van der Waals surface area contributed by atoms with Gasteiger partial charge in [0.1, 0.15) is 12.4 Å². The van der Waals surface area contributed by atoms with Gasteiger partial charge in [-0.1, -0.05) is 18.7 Å². The molecule has 1 heterocycles. The lowest BCUT2D eigenvalue weighted by Gasteiger charge is -2.19. The van der Waals surface area contributed by atoms with Crippen LogP contribution >= 0.6 is 24.0 Å². The Morgan fingerprint density at radius 1 is 1.48 bits per heavy atom. The van der Waals surface area contributed by atoms with Gasteiger partial charge in [-0.2, -0.15) is 4.99 Å². The molecule has 0 aromatic heterocycles. The third-order valence-corrected chi connectivity index (χ3v) is 4.59. The van der Waals surface area contributed by atoms with Crippen LogP contribution in [0, 0.1) is 0 Å². The summed E-state index contributed by atoms with van der Waals surface area (Å²) in [5.74, 6) is 1.74. The lowest BCUT2D eigenvalue weighted by Crippen LogP contribution is -2.30. The summed E-state index contributed by atoms with van der Waals surface area (Å²) >= 11 is 6.63. The number of nitrogens with zero attached hydrogens (tertiary/aromatic N) is 2. The van der Waals surface area contributed by atoms with Crippen LogP contribution in [0.1, 0.15) is 19.8 Å². The third kappa shape index (κ3) is 6.01. The highest BCUT2D eigenvalue weighted by Crippen LogP contribution is 2.19. The van der Waals surface area contributed by atoms with Gasteiger partial charge >= 0.3 is 0 Å². The van der Waals surface area contributed by atoms with E-state index in [1.54, 1.807) is 0 Å². The van der Waals surface area contributed by atoms with Crippen LogP contribution in [0.2, 0.25) is 0 Å². The topological polar surface area (TPSA) is 62.9 Å². The minimum absolute atomic E-state index is 0.365. The van der Waals surface area contributed by atoms with Gasteiger partial charge in [0, 0.05) is 11.7 Å². The zero-order valence-corrected chi connectivity index (χ0v) is 15.3. The molecule has 0 bridgehead atoms. The van der Waals surface area contributed by atoms with Gasteiger partial charge in [0.25, 0.3) is 0 Å². The largest absolute Gasteiger partial charge is 0.492 e. The fourth-order valence-corrected chi connectivity index (χ4v) is 3.17. The minimum atomic E-state index is 0.365. The second-order valence-corrected chi connectivity index (χ2v) is 7.10. The molecule has 1 aliphatic rings. The van der Waals surface area contributed by atoms with Crippen molar-refractivity contribution in [2.75, 3.05) is 31.3 Å². The van der Waals surface area contributed by atoms with Crippen molar-refractivity contribution in [2.24, 2.45) is 10.7 Å². The van der Waals surface area contributed by atoms with Gasteiger partial charge in [0.15, 0.2) is 10.3 Å². The predicted molar refractivity (Wildman–Crippen MR) is 104 cm³/mol. The smallest absolute Gasteiger partial charge is 0.199 e. The van der Waals surface area contributed by atoms with E-state index in [1.165, 1.54) is 24.6 Å². The average Bonchev–Trinajstić information content (AvgIpc) is 2.92. The lowest BCUT2D eigenvalue weighted by atomic mass is 10.2. The highest BCUT2D eigenvalue weighted by atomic mass is 32.2. The van der Waals surface area contributed by atoms with Crippen molar-refractivity contribution >= 4 is 39.9 Å². The van der Waals surface area contributed by atoms with Crippen LogP contribution in [0.15, 0.2) is 29.3 Å². The molecule has 126 valence electrons. The molecule has 1 aliphatic heterocycles. The summed E-state index contributed by atoms with van der Waals surface area (Å²) in [6, 6.07) is 8.26. The Hall–Kier alpha value is -1.31. The Morgan fingerprint density at radius 3 is 2.83 bits per heavy atom. The SMILES string of the molecule is CCS/C(N)=N/C(=S)Nc1ccc(OC[C@@H]2CCCN2C)cc1. The first-order chi connectivity index (χ1) is 11.1. The number of nitrogens with two attached hydrogens (primary N) is 1. The van der Waals surface area contributed by atoms with Gasteiger partial charge in [-0.05, 0) is 68.7 Å². The van der Waals surface area contributed by atoms with E-state index in [9.17, 15) is 0 Å². The van der Waals surface area contributed by atoms with E-state index in [2.05, 4.69) is 22.3 Å². The number of thioether (sulfide) groups is 1. The Kier molecular flexibility index (Phi) is 7.14. The van der Waals surface area contributed by atoms with Crippen molar-refractivity contribution in [3.05, 3.63) is 24.3 Å². The average molecular weight is 353 g/mol. The Morgan fingerprint density at radius 2 is 2.22 bits per heavy atom. The highest BCUT2D eigenvalue weighted by molar-refractivity contribution is 8.13. The molecule has 5 nitrogen and oxygen atoms in total. The second-order valence-electron chi connectivity index (χ2n) is 5.43. The molecular formula is C16H24N4OS2. The van der Waals surface area contributed by atoms with E-state index >= 15 is 0 Å². The fourth-order valence-electron chi connectivity index (χ4n) is 2.45. The maximum absolute atomic E-state index is 5.86. The number of hydrogen-bond donors (Lipinski definition) is 2. The number of likely N-dealkylation sites (N-methyl/N-ethyl adjacent to an activating group) is 1. The van der Waals surface area contributed by atoms with Gasteiger partial charge < -0.3 is 20.7 Å². The Balaban J connectivity index is 1.82. The van der Waals surface area contributed by atoms with E-state index in [0.29, 0.717) is 16.3 Å². The molecule has 1 atom stereocenters. The summed E-state index contributed by atoms with van der Waals surface area (Å²) in [5, 5.41) is 3.89. The number of benzene rings is 1. The predicted octanol–water partition coefficient (Wildman–Crippen LogP) is 2.92. The third-order valence-electron chi connectivity index (χ3n) is 3.72. The number of hydrogen-bond acceptors (Lipinski definition) is 4. The molecule has 1 fully saturated rings. The quantitative estimate of drug-likeness (QED) is 0.483. The maximum atomic E-state index is 5.86. The van der Waals surface area contributed by atoms with Crippen LogP contribution in [0.3, 0.4) is 0 Å². The molecule has 2 rings (SSSR count). The van der Waals surface area contributed by atoms with E-state index in [4.69, 9.17) is 22.7 Å². The number of nitrogens with one attached hydrogen (secondary N) is 1. The van der Waals surface area contributed by atoms with Gasteiger partial charge in [-0.15, -0.1) is 0 Å². The number of aliphatic imine (C=N–C) groups is 1. The van der Waals surface area contributed by atoms with Crippen molar-refractivity contribution in [3.8, 4) is 5.75 Å². The first-order valence-corrected chi connectivity index (χ1v) is 9.19. The van der Waals surface area contributed by atoms with Crippen molar-refractivity contribution in [1.29, 1.82) is 0 Å². The Bertz CT molecular complexity index is 548. The second kappa shape index (κ2) is 9.10. The Labute approximate surface area is 147 Å². The normalized spacial score (nSPS) is 18.9. The fraction of sp³-hybridized carbons (Fsp3) is 0.500. The van der Waals surface area contributed by atoms with Gasteiger partial charge in [0.05, 0.1) is 0 Å². The molecule has 1 aromatic rings.